The second kappa shape index (κ2) is 5.04. The van der Waals surface area contributed by atoms with Crippen LogP contribution >= 0.6 is 23.2 Å². The van der Waals surface area contributed by atoms with Crippen LogP contribution in [0, 0.1) is 5.92 Å². The molecule has 1 saturated heterocycles. The Hall–Kier alpha value is -0.470. The summed E-state index contributed by atoms with van der Waals surface area (Å²) in [5.41, 5.74) is 0. The van der Waals surface area contributed by atoms with E-state index >= 15 is 0 Å². The maximum atomic E-state index is 6.10. The molecule has 0 aliphatic carbocycles. The minimum absolute atomic E-state index is 0.658. The first kappa shape index (κ1) is 11.0. The van der Waals surface area contributed by atoms with Crippen molar-refractivity contribution in [3.8, 4) is 0 Å². The highest BCUT2D eigenvalue weighted by atomic mass is 35.5. The van der Waals surface area contributed by atoms with Crippen molar-refractivity contribution in [3.05, 3.63) is 23.4 Å². The fraction of sp³-hybridized carbons (Fsp3) is 0.545. The number of hydrogen-bond donors (Lipinski definition) is 0. The van der Waals surface area contributed by atoms with Gasteiger partial charge < -0.3 is 4.90 Å². The molecule has 0 atom stereocenters. The number of alkyl halides is 1. The third-order valence-electron chi connectivity index (χ3n) is 2.87. The number of aromatic nitrogens is 1. The molecule has 0 bridgehead atoms. The van der Waals surface area contributed by atoms with E-state index in [1.807, 2.05) is 12.1 Å². The minimum Gasteiger partial charge on any atom is -0.355 e. The Labute approximate surface area is 100 Å². The molecule has 0 spiro atoms. The lowest BCUT2D eigenvalue weighted by atomic mass is 9.99. The van der Waals surface area contributed by atoms with Gasteiger partial charge in [-0.25, -0.2) is 4.98 Å². The first-order valence-corrected chi connectivity index (χ1v) is 6.14. The van der Waals surface area contributed by atoms with Crippen LogP contribution in [-0.4, -0.2) is 24.0 Å². The molecular formula is C11H14Cl2N2. The normalized spacial score (nSPS) is 18.1. The lowest BCUT2D eigenvalue weighted by molar-refractivity contribution is 0.441. The maximum absolute atomic E-state index is 6.10. The molecular weight excluding hydrogens is 231 g/mol. The average Bonchev–Trinajstić information content (AvgIpc) is 2.30. The van der Waals surface area contributed by atoms with Gasteiger partial charge in [-0.05, 0) is 30.9 Å². The highest BCUT2D eigenvalue weighted by Crippen LogP contribution is 2.27. The Kier molecular flexibility index (Phi) is 3.71. The fourth-order valence-electron chi connectivity index (χ4n) is 1.91. The van der Waals surface area contributed by atoms with Crippen molar-refractivity contribution < 1.29 is 0 Å². The molecule has 2 rings (SSSR count). The van der Waals surface area contributed by atoms with Crippen LogP contribution in [0.5, 0.6) is 0 Å². The summed E-state index contributed by atoms with van der Waals surface area (Å²) >= 11 is 11.9. The number of pyridine rings is 1. The van der Waals surface area contributed by atoms with E-state index in [1.54, 1.807) is 6.20 Å². The van der Waals surface area contributed by atoms with Gasteiger partial charge in [0.15, 0.2) is 0 Å². The molecule has 2 nitrogen and oxygen atoms in total. The van der Waals surface area contributed by atoms with E-state index in [1.165, 1.54) is 0 Å². The fourth-order valence-corrected chi connectivity index (χ4v) is 2.46. The highest BCUT2D eigenvalue weighted by Gasteiger charge is 2.20. The third-order valence-corrected chi connectivity index (χ3v) is 3.60. The summed E-state index contributed by atoms with van der Waals surface area (Å²) in [6, 6.07) is 3.74. The maximum Gasteiger partial charge on any atom is 0.147 e. The Bertz CT molecular complexity index is 322. The van der Waals surface area contributed by atoms with Crippen LogP contribution in [-0.2, 0) is 0 Å². The van der Waals surface area contributed by atoms with Crippen molar-refractivity contribution in [1.29, 1.82) is 0 Å². The predicted octanol–water partition coefficient (Wildman–Crippen LogP) is 3.19. The SMILES string of the molecule is ClCC1CCN(c2ncccc2Cl)CC1. The van der Waals surface area contributed by atoms with E-state index in [-0.39, 0.29) is 0 Å². The van der Waals surface area contributed by atoms with E-state index < -0.39 is 0 Å². The summed E-state index contributed by atoms with van der Waals surface area (Å²) in [5, 5.41) is 0.738. The van der Waals surface area contributed by atoms with Crippen LogP contribution < -0.4 is 4.90 Å². The van der Waals surface area contributed by atoms with Gasteiger partial charge in [-0.2, -0.15) is 0 Å². The molecule has 4 heteroatoms. The zero-order valence-corrected chi connectivity index (χ0v) is 10.0. The van der Waals surface area contributed by atoms with Crippen molar-refractivity contribution in [3.63, 3.8) is 0 Å². The number of piperidine rings is 1. The van der Waals surface area contributed by atoms with Gasteiger partial charge in [0, 0.05) is 25.2 Å². The van der Waals surface area contributed by atoms with E-state index in [4.69, 9.17) is 23.2 Å². The van der Waals surface area contributed by atoms with Crippen LogP contribution in [0.2, 0.25) is 5.02 Å². The average molecular weight is 245 g/mol. The molecule has 2 heterocycles. The van der Waals surface area contributed by atoms with Crippen LogP contribution in [0.25, 0.3) is 0 Å². The van der Waals surface area contributed by atoms with Gasteiger partial charge in [0.25, 0.3) is 0 Å². The number of anilines is 1. The monoisotopic (exact) mass is 244 g/mol. The number of rotatable bonds is 2. The Balaban J connectivity index is 2.04. The van der Waals surface area contributed by atoms with Gasteiger partial charge >= 0.3 is 0 Å². The minimum atomic E-state index is 0.658. The first-order chi connectivity index (χ1) is 7.31. The number of nitrogens with zero attached hydrogens (tertiary/aromatic N) is 2. The smallest absolute Gasteiger partial charge is 0.147 e. The molecule has 0 N–H and O–H groups in total. The van der Waals surface area contributed by atoms with Crippen LogP contribution in [0.1, 0.15) is 12.8 Å². The van der Waals surface area contributed by atoms with Crippen molar-refractivity contribution in [2.45, 2.75) is 12.8 Å². The molecule has 0 aromatic carbocycles. The summed E-state index contributed by atoms with van der Waals surface area (Å²) in [6.45, 7) is 2.02. The predicted molar refractivity (Wildman–Crippen MR) is 64.9 cm³/mol. The molecule has 15 heavy (non-hydrogen) atoms. The Morgan fingerprint density at radius 2 is 2.13 bits per heavy atom. The standard InChI is InChI=1S/C11H14Cl2N2/c12-8-9-3-6-15(7-4-9)11-10(13)2-1-5-14-11/h1-2,5,9H,3-4,6-8H2. The van der Waals surface area contributed by atoms with E-state index in [2.05, 4.69) is 9.88 Å². The topological polar surface area (TPSA) is 16.1 Å². The molecule has 0 saturated carbocycles. The van der Waals surface area contributed by atoms with Gasteiger partial charge in [-0.15, -0.1) is 11.6 Å². The quantitative estimate of drug-likeness (QED) is 0.744. The molecule has 1 aromatic rings. The molecule has 82 valence electrons. The molecule has 1 fully saturated rings. The van der Waals surface area contributed by atoms with E-state index in [0.29, 0.717) is 5.92 Å². The number of halogens is 2. The molecule has 1 aliphatic heterocycles. The molecule has 0 unspecified atom stereocenters. The van der Waals surface area contributed by atoms with Gasteiger partial charge in [-0.1, -0.05) is 11.6 Å². The van der Waals surface area contributed by atoms with Gasteiger partial charge in [0.1, 0.15) is 5.82 Å². The second-order valence-corrected chi connectivity index (χ2v) is 4.61. The van der Waals surface area contributed by atoms with Gasteiger partial charge in [0.2, 0.25) is 0 Å². The van der Waals surface area contributed by atoms with E-state index in [0.717, 1.165) is 42.7 Å². The Morgan fingerprint density at radius 1 is 1.40 bits per heavy atom. The summed E-state index contributed by atoms with van der Waals surface area (Å²) in [6.07, 6.45) is 4.06. The lowest BCUT2D eigenvalue weighted by Gasteiger charge is -2.32. The van der Waals surface area contributed by atoms with Crippen molar-refractivity contribution in [1.82, 2.24) is 4.98 Å². The summed E-state index contributed by atoms with van der Waals surface area (Å²) in [7, 11) is 0. The third kappa shape index (κ3) is 2.56. The Morgan fingerprint density at radius 3 is 2.73 bits per heavy atom. The van der Waals surface area contributed by atoms with Crippen molar-refractivity contribution >= 4 is 29.0 Å². The molecule has 0 radical (unpaired) electrons. The second-order valence-electron chi connectivity index (χ2n) is 3.89. The zero-order chi connectivity index (χ0) is 10.7. The van der Waals surface area contributed by atoms with Gasteiger partial charge in [-0.3, -0.25) is 0 Å². The van der Waals surface area contributed by atoms with Crippen LogP contribution in [0.15, 0.2) is 18.3 Å². The highest BCUT2D eigenvalue weighted by molar-refractivity contribution is 6.32. The first-order valence-electron chi connectivity index (χ1n) is 5.22. The number of hydrogen-bond acceptors (Lipinski definition) is 2. The zero-order valence-electron chi connectivity index (χ0n) is 8.50. The summed E-state index contributed by atoms with van der Waals surface area (Å²) < 4.78 is 0. The summed E-state index contributed by atoms with van der Waals surface area (Å²) in [4.78, 5) is 6.56. The largest absolute Gasteiger partial charge is 0.355 e. The van der Waals surface area contributed by atoms with Crippen molar-refractivity contribution in [2.24, 2.45) is 5.92 Å². The van der Waals surface area contributed by atoms with Crippen LogP contribution in [0.3, 0.4) is 0 Å². The molecule has 1 aliphatic rings. The molecule has 1 aromatic heterocycles. The van der Waals surface area contributed by atoms with Crippen molar-refractivity contribution in [2.75, 3.05) is 23.9 Å². The summed E-state index contributed by atoms with van der Waals surface area (Å²) in [5.74, 6) is 2.33. The van der Waals surface area contributed by atoms with Gasteiger partial charge in [0.05, 0.1) is 5.02 Å². The lowest BCUT2D eigenvalue weighted by Crippen LogP contribution is -2.34. The van der Waals surface area contributed by atoms with E-state index in [9.17, 15) is 0 Å². The molecule has 0 amide bonds. The van der Waals surface area contributed by atoms with Crippen LogP contribution in [0.4, 0.5) is 5.82 Å².